The summed E-state index contributed by atoms with van der Waals surface area (Å²) >= 11 is 5.72. The van der Waals surface area contributed by atoms with Gasteiger partial charge in [-0.15, -0.1) is 0 Å². The topological polar surface area (TPSA) is 144 Å². The highest BCUT2D eigenvalue weighted by molar-refractivity contribution is 6.30. The number of hydrogen-bond donors (Lipinski definition) is 6. The van der Waals surface area contributed by atoms with Crippen LogP contribution in [0.3, 0.4) is 0 Å². The highest BCUT2D eigenvalue weighted by Crippen LogP contribution is 2.16. The fraction of sp³-hybridized carbons (Fsp3) is 0.385. The monoisotopic (exact) mass is 345 g/mol. The third kappa shape index (κ3) is 4.30. The molecule has 9 nitrogen and oxygen atoms in total. The van der Waals surface area contributed by atoms with Gasteiger partial charge in [0.25, 0.3) is 0 Å². The van der Waals surface area contributed by atoms with Crippen LogP contribution in [-0.4, -0.2) is 63.3 Å². The van der Waals surface area contributed by atoms with Gasteiger partial charge in [-0.25, -0.2) is 10.3 Å². The Balaban J connectivity index is 1.93. The maximum absolute atomic E-state index is 11.6. The molecule has 1 heterocycles. The average Bonchev–Trinajstić information content (AvgIpc) is 2.54. The zero-order valence-corrected chi connectivity index (χ0v) is 12.5. The van der Waals surface area contributed by atoms with Crippen LogP contribution >= 0.6 is 11.6 Å². The van der Waals surface area contributed by atoms with Crippen molar-refractivity contribution in [2.24, 2.45) is 4.99 Å². The zero-order chi connectivity index (χ0) is 17.0. The Hall–Kier alpha value is -1.91. The van der Waals surface area contributed by atoms with E-state index in [4.69, 9.17) is 16.7 Å². The Morgan fingerprint density at radius 2 is 1.87 bits per heavy atom. The van der Waals surface area contributed by atoms with Crippen LogP contribution in [0.15, 0.2) is 29.3 Å². The van der Waals surface area contributed by atoms with Gasteiger partial charge < -0.3 is 25.3 Å². The number of hydroxylamine groups is 1. The molecule has 23 heavy (non-hydrogen) atoms. The summed E-state index contributed by atoms with van der Waals surface area (Å²) in [6.45, 7) is -0.549. The second-order valence-corrected chi connectivity index (χ2v) is 5.25. The molecule has 6 N–H and O–H groups in total. The number of nitrogens with one attached hydrogen (secondary N) is 2. The van der Waals surface area contributed by atoms with E-state index in [2.05, 4.69) is 20.6 Å². The lowest BCUT2D eigenvalue weighted by Crippen LogP contribution is -2.56. The summed E-state index contributed by atoms with van der Waals surface area (Å²) < 4.78 is 0. The molecule has 1 aliphatic rings. The van der Waals surface area contributed by atoms with E-state index in [9.17, 15) is 20.1 Å². The van der Waals surface area contributed by atoms with Crippen LogP contribution in [0.25, 0.3) is 0 Å². The first-order chi connectivity index (χ1) is 10.9. The summed E-state index contributed by atoms with van der Waals surface area (Å²) in [7, 11) is 0. The van der Waals surface area contributed by atoms with Gasteiger partial charge in [-0.05, 0) is 24.3 Å². The number of benzene rings is 1. The average molecular weight is 346 g/mol. The van der Waals surface area contributed by atoms with E-state index in [0.29, 0.717) is 10.7 Å². The number of carbonyl (C=O) groups is 1. The molecule has 0 aliphatic carbocycles. The number of aliphatic imine (C=N–C) groups is 1. The highest BCUT2D eigenvalue weighted by Gasteiger charge is 2.39. The molecule has 10 heteroatoms. The number of aliphatic hydroxyl groups excluding tert-OH is 4. The first-order valence-electron chi connectivity index (χ1n) is 6.64. The Kier molecular flexibility index (Phi) is 5.74. The van der Waals surface area contributed by atoms with Crippen molar-refractivity contribution >= 4 is 29.2 Å². The lowest BCUT2D eigenvalue weighted by molar-refractivity contribution is -0.0624. The summed E-state index contributed by atoms with van der Waals surface area (Å²) in [5.41, 5.74) is 2.52. The summed E-state index contributed by atoms with van der Waals surface area (Å²) in [5, 5.41) is 40.9. The standard InChI is InChI=1S/C13H16ClN3O6/c14-6-1-3-7(4-2-6)15-13(22)23-17-12-11(21)10(20)9(19)8(5-18)16-12/h1-4,8-11,18-21H,5H2,(H,15,22)(H,16,17)/t8-,9-,10+,11-/m1/s1. The number of halogens is 1. The number of rotatable bonds is 2. The van der Waals surface area contributed by atoms with Gasteiger partial charge in [-0.2, -0.15) is 0 Å². The van der Waals surface area contributed by atoms with Crippen LogP contribution in [0.2, 0.25) is 5.02 Å². The number of nitrogens with zero attached hydrogens (tertiary/aromatic N) is 1. The van der Waals surface area contributed by atoms with Crippen molar-refractivity contribution in [3.05, 3.63) is 29.3 Å². The van der Waals surface area contributed by atoms with Crippen molar-refractivity contribution in [1.82, 2.24) is 5.48 Å². The van der Waals surface area contributed by atoms with Crippen molar-refractivity contribution in [1.29, 1.82) is 0 Å². The largest absolute Gasteiger partial charge is 0.435 e. The summed E-state index contributed by atoms with van der Waals surface area (Å²) in [6, 6.07) is 5.21. The van der Waals surface area contributed by atoms with Crippen molar-refractivity contribution in [3.63, 3.8) is 0 Å². The molecule has 0 fully saturated rings. The quantitative estimate of drug-likeness (QED) is 0.387. The van der Waals surface area contributed by atoms with Gasteiger partial charge in [0.1, 0.15) is 24.4 Å². The molecule has 1 amide bonds. The fourth-order valence-electron chi connectivity index (χ4n) is 1.92. The van der Waals surface area contributed by atoms with Crippen molar-refractivity contribution in [2.45, 2.75) is 24.4 Å². The highest BCUT2D eigenvalue weighted by atomic mass is 35.5. The van der Waals surface area contributed by atoms with E-state index in [1.54, 1.807) is 24.3 Å². The van der Waals surface area contributed by atoms with Gasteiger partial charge in [-0.1, -0.05) is 11.6 Å². The minimum Gasteiger partial charge on any atom is -0.394 e. The predicted octanol–water partition coefficient (Wildman–Crippen LogP) is -0.751. The Morgan fingerprint density at radius 1 is 1.22 bits per heavy atom. The van der Waals surface area contributed by atoms with Gasteiger partial charge >= 0.3 is 6.09 Å². The molecule has 0 saturated carbocycles. The van der Waals surface area contributed by atoms with Gasteiger partial charge in [0.2, 0.25) is 0 Å². The molecule has 0 saturated heterocycles. The molecule has 1 aliphatic heterocycles. The van der Waals surface area contributed by atoms with Gasteiger partial charge in [0.15, 0.2) is 5.84 Å². The minimum absolute atomic E-state index is 0.284. The van der Waals surface area contributed by atoms with Gasteiger partial charge in [0, 0.05) is 10.7 Å². The van der Waals surface area contributed by atoms with Crippen LogP contribution in [0.5, 0.6) is 0 Å². The van der Waals surface area contributed by atoms with Crippen molar-refractivity contribution in [3.8, 4) is 0 Å². The molecule has 0 aromatic heterocycles. The molecular formula is C13H16ClN3O6. The second kappa shape index (κ2) is 7.57. The lowest BCUT2D eigenvalue weighted by Gasteiger charge is -2.32. The summed E-state index contributed by atoms with van der Waals surface area (Å²) in [4.78, 5) is 20.1. The third-order valence-electron chi connectivity index (χ3n) is 3.18. The van der Waals surface area contributed by atoms with Crippen molar-refractivity contribution < 1.29 is 30.1 Å². The number of aliphatic hydroxyl groups is 4. The summed E-state index contributed by atoms with van der Waals surface area (Å²) in [5.74, 6) is -0.284. The molecule has 1 aromatic rings. The normalized spacial score (nSPS) is 27.1. The fourth-order valence-corrected chi connectivity index (χ4v) is 2.04. The van der Waals surface area contributed by atoms with Crippen LogP contribution in [0.4, 0.5) is 10.5 Å². The van der Waals surface area contributed by atoms with Crippen molar-refractivity contribution in [2.75, 3.05) is 11.9 Å². The Labute approximate surface area is 136 Å². The number of hydrogen-bond acceptors (Lipinski definition) is 8. The zero-order valence-electron chi connectivity index (χ0n) is 11.8. The van der Waals surface area contributed by atoms with E-state index in [0.717, 1.165) is 0 Å². The molecule has 4 atom stereocenters. The number of amidine groups is 1. The summed E-state index contributed by atoms with van der Waals surface area (Å²) in [6.07, 6.45) is -5.49. The smallest absolute Gasteiger partial charge is 0.394 e. The predicted molar refractivity (Wildman–Crippen MR) is 81.0 cm³/mol. The Bertz CT molecular complexity index is 582. The molecule has 1 aromatic carbocycles. The first-order valence-corrected chi connectivity index (χ1v) is 7.02. The maximum Gasteiger partial charge on any atom is 0.435 e. The van der Waals surface area contributed by atoms with Crippen LogP contribution in [0, 0.1) is 0 Å². The lowest BCUT2D eigenvalue weighted by atomic mass is 9.97. The van der Waals surface area contributed by atoms with E-state index in [1.165, 1.54) is 0 Å². The molecule has 0 radical (unpaired) electrons. The molecular weight excluding hydrogens is 330 g/mol. The van der Waals surface area contributed by atoms with Gasteiger partial charge in [-0.3, -0.25) is 10.3 Å². The van der Waals surface area contributed by atoms with Crippen LogP contribution < -0.4 is 10.8 Å². The molecule has 126 valence electrons. The SMILES string of the molecule is O=C(Nc1ccc(Cl)cc1)ONC1=N[C@H](CO)[C@@H](O)[C@H](O)[C@H]1O. The van der Waals surface area contributed by atoms with E-state index in [1.807, 2.05) is 0 Å². The first kappa shape index (κ1) is 17.4. The van der Waals surface area contributed by atoms with E-state index < -0.39 is 37.1 Å². The Morgan fingerprint density at radius 3 is 2.48 bits per heavy atom. The minimum atomic E-state index is -1.59. The third-order valence-corrected chi connectivity index (χ3v) is 3.43. The van der Waals surface area contributed by atoms with E-state index in [-0.39, 0.29) is 5.84 Å². The van der Waals surface area contributed by atoms with Crippen LogP contribution in [0.1, 0.15) is 0 Å². The second-order valence-electron chi connectivity index (χ2n) is 4.81. The maximum atomic E-state index is 11.6. The van der Waals surface area contributed by atoms with E-state index >= 15 is 0 Å². The van der Waals surface area contributed by atoms with Gasteiger partial charge in [0.05, 0.1) is 6.61 Å². The molecule has 2 rings (SSSR count). The molecule has 0 unspecified atom stereocenters. The number of amides is 1. The molecule has 0 spiro atoms. The number of anilines is 1. The molecule has 0 bridgehead atoms. The van der Waals surface area contributed by atoms with Crippen LogP contribution in [-0.2, 0) is 4.84 Å². The number of carbonyl (C=O) groups excluding carboxylic acids is 1.